The summed E-state index contributed by atoms with van der Waals surface area (Å²) in [5, 5.41) is 0. The second kappa shape index (κ2) is 38.9. The summed E-state index contributed by atoms with van der Waals surface area (Å²) < 4.78 is 33.7. The van der Waals surface area contributed by atoms with E-state index in [0.717, 1.165) is 77.0 Å². The van der Waals surface area contributed by atoms with Crippen LogP contribution < -0.4 is 4.89 Å². The molecule has 0 radical (unpaired) electrons. The van der Waals surface area contributed by atoms with Crippen LogP contribution in [0.3, 0.4) is 0 Å². The van der Waals surface area contributed by atoms with Crippen LogP contribution in [-0.2, 0) is 32.7 Å². The molecule has 1 unspecified atom stereocenters. The Hall–Kier alpha value is -3.59. The molecule has 0 aliphatic rings. The Morgan fingerprint density at radius 3 is 1.38 bits per heavy atom. The van der Waals surface area contributed by atoms with E-state index in [2.05, 4.69) is 123 Å². The number of hydrogen-bond donors (Lipinski definition) is 0. The lowest BCUT2D eigenvalue weighted by atomic mass is 10.2. The van der Waals surface area contributed by atoms with Gasteiger partial charge in [-0.25, -0.2) is 0 Å². The first-order valence-electron chi connectivity index (χ1n) is 21.2. The average molecular weight is 826 g/mol. The van der Waals surface area contributed by atoms with Crippen molar-refractivity contribution in [1.29, 1.82) is 0 Å². The number of phosphoric ester groups is 1. The Morgan fingerprint density at radius 1 is 0.534 bits per heavy atom. The summed E-state index contributed by atoms with van der Waals surface area (Å²) in [6, 6.07) is 0. The highest BCUT2D eigenvalue weighted by molar-refractivity contribution is 7.45. The number of nitrogens with zero attached hydrogens (tertiary/aromatic N) is 1. The van der Waals surface area contributed by atoms with E-state index in [0.29, 0.717) is 23.9 Å². The van der Waals surface area contributed by atoms with Crippen LogP contribution >= 0.6 is 7.82 Å². The number of hydrogen-bond acceptors (Lipinski definition) is 8. The molecule has 326 valence electrons. The third-order valence-electron chi connectivity index (χ3n) is 7.99. The van der Waals surface area contributed by atoms with Gasteiger partial charge in [-0.15, -0.1) is 0 Å². The van der Waals surface area contributed by atoms with Crippen molar-refractivity contribution >= 4 is 19.8 Å². The van der Waals surface area contributed by atoms with Crippen molar-refractivity contribution in [2.75, 3.05) is 47.5 Å². The quantitative estimate of drug-likeness (QED) is 0.0202. The third-order valence-corrected chi connectivity index (χ3v) is 8.95. The van der Waals surface area contributed by atoms with Crippen LogP contribution in [0.25, 0.3) is 0 Å². The Balaban J connectivity index is 4.60. The van der Waals surface area contributed by atoms with E-state index in [-0.39, 0.29) is 26.1 Å². The molecule has 0 spiro atoms. The van der Waals surface area contributed by atoms with Gasteiger partial charge in [-0.2, -0.15) is 0 Å². The Labute approximate surface area is 352 Å². The van der Waals surface area contributed by atoms with Gasteiger partial charge in [0.05, 0.1) is 27.7 Å². The van der Waals surface area contributed by atoms with E-state index in [9.17, 15) is 19.0 Å². The molecule has 0 aromatic heterocycles. The minimum atomic E-state index is -4.66. The van der Waals surface area contributed by atoms with Crippen LogP contribution in [-0.4, -0.2) is 70.0 Å². The second-order valence-corrected chi connectivity index (χ2v) is 16.0. The number of phosphoric acid groups is 1. The van der Waals surface area contributed by atoms with Crippen LogP contribution in [0.15, 0.2) is 122 Å². The van der Waals surface area contributed by atoms with Crippen LogP contribution in [0, 0.1) is 0 Å². The van der Waals surface area contributed by atoms with Gasteiger partial charge in [0.1, 0.15) is 19.8 Å². The summed E-state index contributed by atoms with van der Waals surface area (Å²) in [6.07, 6.45) is 53.9. The van der Waals surface area contributed by atoms with Crippen molar-refractivity contribution < 1.29 is 42.1 Å². The Morgan fingerprint density at radius 2 is 0.948 bits per heavy atom. The van der Waals surface area contributed by atoms with E-state index in [4.69, 9.17) is 18.5 Å². The molecule has 10 heteroatoms. The third kappa shape index (κ3) is 42.0. The molecule has 0 bridgehead atoms. The lowest BCUT2D eigenvalue weighted by molar-refractivity contribution is -0.870. The van der Waals surface area contributed by atoms with Crippen molar-refractivity contribution in [3.05, 3.63) is 122 Å². The van der Waals surface area contributed by atoms with Gasteiger partial charge in [-0.1, -0.05) is 135 Å². The smallest absolute Gasteiger partial charge is 0.306 e. The number of rotatable bonds is 36. The number of carbonyl (C=O) groups excluding carboxylic acids is 2. The number of esters is 2. The number of carbonyl (C=O) groups is 2. The average Bonchev–Trinajstić information content (AvgIpc) is 3.17. The first kappa shape index (κ1) is 54.4. The lowest BCUT2D eigenvalue weighted by Gasteiger charge is -2.28. The molecule has 0 aliphatic carbocycles. The normalized spacial score (nSPS) is 14.8. The molecule has 0 saturated carbocycles. The highest BCUT2D eigenvalue weighted by atomic mass is 31.2. The van der Waals surface area contributed by atoms with Gasteiger partial charge < -0.3 is 27.9 Å². The molecule has 0 aliphatic heterocycles. The minimum Gasteiger partial charge on any atom is -0.756 e. The molecule has 9 nitrogen and oxygen atoms in total. The minimum absolute atomic E-state index is 0.0579. The number of ether oxygens (including phenoxy) is 2. The highest BCUT2D eigenvalue weighted by Gasteiger charge is 2.21. The van der Waals surface area contributed by atoms with Crippen LogP contribution in [0.2, 0.25) is 0 Å². The lowest BCUT2D eigenvalue weighted by Crippen LogP contribution is -2.37. The largest absolute Gasteiger partial charge is 0.756 e. The standard InChI is InChI=1S/C48H76NO8P/c1-6-8-10-12-14-16-18-20-22-23-24-25-27-28-30-32-34-36-38-40-47(50)54-44-46(45-56-58(52,53)55-43-42-49(3,4)5)57-48(51)41-39-37-35-33-31-29-26-21-19-17-15-13-11-9-7-2/h8-11,14-17,20-22,24-26,28,30-31,33-34,36,46H,6-7,12-13,18-19,23,27,29,32,35,37-45H2,1-5H3/b10-8-,11-9-,16-14-,17-15-,22-20-,25-24-,26-21-,30-28-,33-31-,36-34-/t46-/m1/s1. The Bertz CT molecular complexity index is 1390. The van der Waals surface area contributed by atoms with Crippen molar-refractivity contribution in [2.24, 2.45) is 0 Å². The summed E-state index contributed by atoms with van der Waals surface area (Å²) in [5.74, 6) is -0.998. The van der Waals surface area contributed by atoms with Crippen LogP contribution in [0.4, 0.5) is 0 Å². The molecule has 0 aromatic rings. The predicted octanol–water partition coefficient (Wildman–Crippen LogP) is 11.5. The number of quaternary nitrogens is 1. The summed E-state index contributed by atoms with van der Waals surface area (Å²) in [5.41, 5.74) is 0. The maximum atomic E-state index is 12.6. The Kier molecular flexibility index (Phi) is 36.5. The van der Waals surface area contributed by atoms with E-state index < -0.39 is 32.5 Å². The van der Waals surface area contributed by atoms with Crippen molar-refractivity contribution in [2.45, 2.75) is 123 Å². The summed E-state index contributed by atoms with van der Waals surface area (Å²) >= 11 is 0. The van der Waals surface area contributed by atoms with Gasteiger partial charge in [0.15, 0.2) is 6.10 Å². The van der Waals surface area contributed by atoms with Crippen molar-refractivity contribution in [3.8, 4) is 0 Å². The fraction of sp³-hybridized carbons (Fsp3) is 0.542. The maximum absolute atomic E-state index is 12.6. The highest BCUT2D eigenvalue weighted by Crippen LogP contribution is 2.38. The zero-order chi connectivity index (χ0) is 42.8. The monoisotopic (exact) mass is 826 g/mol. The van der Waals surface area contributed by atoms with Gasteiger partial charge in [0, 0.05) is 12.8 Å². The van der Waals surface area contributed by atoms with Crippen molar-refractivity contribution in [1.82, 2.24) is 0 Å². The van der Waals surface area contributed by atoms with E-state index in [1.807, 2.05) is 33.3 Å². The molecular formula is C48H76NO8P. The molecular weight excluding hydrogens is 750 g/mol. The topological polar surface area (TPSA) is 111 Å². The second-order valence-electron chi connectivity index (χ2n) is 14.6. The van der Waals surface area contributed by atoms with E-state index in [1.165, 1.54) is 0 Å². The summed E-state index contributed by atoms with van der Waals surface area (Å²) in [4.78, 5) is 37.5. The molecule has 0 saturated heterocycles. The SMILES string of the molecule is CC/C=C\C/C=C\C/C=C\C/C=C\C/C=C\C/C=C\CCC(=O)OC[C@H](COP(=O)([O-])OCC[N+](C)(C)C)OC(=O)CCCC/C=C\C/C=C\C/C=C\C/C=C\CC. The predicted molar refractivity (Wildman–Crippen MR) is 240 cm³/mol. The van der Waals surface area contributed by atoms with Gasteiger partial charge in [-0.05, 0) is 89.9 Å². The molecule has 2 atom stereocenters. The molecule has 0 heterocycles. The molecule has 0 fully saturated rings. The molecule has 0 amide bonds. The number of likely N-dealkylation sites (N-methyl/N-ethyl adjacent to an activating group) is 1. The first-order valence-corrected chi connectivity index (χ1v) is 22.7. The van der Waals surface area contributed by atoms with Crippen LogP contribution in [0.1, 0.15) is 117 Å². The maximum Gasteiger partial charge on any atom is 0.306 e. The van der Waals surface area contributed by atoms with E-state index in [1.54, 1.807) is 0 Å². The van der Waals surface area contributed by atoms with Gasteiger partial charge >= 0.3 is 11.9 Å². The van der Waals surface area contributed by atoms with E-state index >= 15 is 0 Å². The van der Waals surface area contributed by atoms with Crippen molar-refractivity contribution in [3.63, 3.8) is 0 Å². The van der Waals surface area contributed by atoms with Gasteiger partial charge in [0.25, 0.3) is 7.82 Å². The first-order chi connectivity index (χ1) is 28.0. The van der Waals surface area contributed by atoms with Gasteiger partial charge in [0.2, 0.25) is 0 Å². The zero-order valence-electron chi connectivity index (χ0n) is 36.4. The summed E-state index contributed by atoms with van der Waals surface area (Å²) in [7, 11) is 1.07. The molecule has 0 N–H and O–H groups in total. The summed E-state index contributed by atoms with van der Waals surface area (Å²) in [6.45, 7) is 3.82. The zero-order valence-corrected chi connectivity index (χ0v) is 37.3. The number of unbranched alkanes of at least 4 members (excludes halogenated alkanes) is 2. The fourth-order valence-corrected chi connectivity index (χ4v) is 5.46. The molecule has 58 heavy (non-hydrogen) atoms. The number of allylic oxidation sites excluding steroid dienone is 20. The van der Waals surface area contributed by atoms with Gasteiger partial charge in [-0.3, -0.25) is 14.2 Å². The molecule has 0 aromatic carbocycles. The fourth-order valence-electron chi connectivity index (χ4n) is 4.73. The van der Waals surface area contributed by atoms with Crippen LogP contribution in [0.5, 0.6) is 0 Å². The molecule has 0 rings (SSSR count).